The summed E-state index contributed by atoms with van der Waals surface area (Å²) in [6.45, 7) is 0. The molecule has 26 heavy (non-hydrogen) atoms. The van der Waals surface area contributed by atoms with Crippen LogP contribution in [0.5, 0.6) is 0 Å². The average molecular weight is 385 g/mol. The van der Waals surface area contributed by atoms with Gasteiger partial charge in [-0.25, -0.2) is 9.37 Å². The minimum absolute atomic E-state index is 0.102. The molecular weight excluding hydrogens is 369 g/mol. The van der Waals surface area contributed by atoms with Crippen molar-refractivity contribution in [3.05, 3.63) is 65.0 Å². The standard InChI is InChI=1S/C19H16FN3OS2/c20-12-4-5-17-14(9-12)15(6-8-25-17)23-18(24)10-13-11-26-19(22-13)16-3-1-2-7-21-16/h1-5,7,9,11,15H,6,8,10H2,(H,23,24). The molecule has 0 spiro atoms. The maximum atomic E-state index is 13.6. The molecule has 7 heteroatoms. The number of carbonyl (C=O) groups excluding carboxylic acids is 1. The van der Waals surface area contributed by atoms with Gasteiger partial charge in [0.1, 0.15) is 10.8 Å². The molecule has 4 rings (SSSR count). The topological polar surface area (TPSA) is 54.9 Å². The molecule has 0 aliphatic carbocycles. The Hall–Kier alpha value is -2.25. The summed E-state index contributed by atoms with van der Waals surface area (Å²) in [6, 6.07) is 10.3. The molecule has 1 aromatic carbocycles. The van der Waals surface area contributed by atoms with Crippen molar-refractivity contribution in [2.45, 2.75) is 23.8 Å². The van der Waals surface area contributed by atoms with Crippen LogP contribution in [-0.2, 0) is 11.2 Å². The van der Waals surface area contributed by atoms with Gasteiger partial charge in [0.15, 0.2) is 0 Å². The number of halogens is 1. The summed E-state index contributed by atoms with van der Waals surface area (Å²) >= 11 is 3.17. The van der Waals surface area contributed by atoms with Crippen LogP contribution in [0.4, 0.5) is 4.39 Å². The highest BCUT2D eigenvalue weighted by atomic mass is 32.2. The zero-order chi connectivity index (χ0) is 17.9. The summed E-state index contributed by atoms with van der Waals surface area (Å²) in [5.74, 6) is 0.532. The highest BCUT2D eigenvalue weighted by Gasteiger charge is 2.23. The van der Waals surface area contributed by atoms with E-state index in [9.17, 15) is 9.18 Å². The Morgan fingerprint density at radius 2 is 2.23 bits per heavy atom. The minimum atomic E-state index is -0.273. The summed E-state index contributed by atoms with van der Waals surface area (Å²) in [5.41, 5.74) is 2.39. The number of pyridine rings is 1. The molecular formula is C19H16FN3OS2. The molecule has 0 saturated heterocycles. The number of hydrogen-bond acceptors (Lipinski definition) is 5. The number of thioether (sulfide) groups is 1. The predicted molar refractivity (Wildman–Crippen MR) is 102 cm³/mol. The van der Waals surface area contributed by atoms with E-state index in [-0.39, 0.29) is 24.2 Å². The lowest BCUT2D eigenvalue weighted by Crippen LogP contribution is -2.32. The van der Waals surface area contributed by atoms with E-state index in [1.807, 2.05) is 23.6 Å². The molecule has 1 N–H and O–H groups in total. The van der Waals surface area contributed by atoms with Gasteiger partial charge >= 0.3 is 0 Å². The van der Waals surface area contributed by atoms with Crippen LogP contribution < -0.4 is 5.32 Å². The molecule has 4 nitrogen and oxygen atoms in total. The number of hydrogen-bond donors (Lipinski definition) is 1. The van der Waals surface area contributed by atoms with E-state index in [2.05, 4.69) is 15.3 Å². The quantitative estimate of drug-likeness (QED) is 0.730. The molecule has 0 saturated carbocycles. The largest absolute Gasteiger partial charge is 0.349 e. The highest BCUT2D eigenvalue weighted by Crippen LogP contribution is 2.36. The van der Waals surface area contributed by atoms with Crippen LogP contribution in [0.2, 0.25) is 0 Å². The second-order valence-electron chi connectivity index (χ2n) is 5.98. The SMILES string of the molecule is O=C(Cc1csc(-c2ccccn2)n1)NC1CCSc2ccc(F)cc21. The highest BCUT2D eigenvalue weighted by molar-refractivity contribution is 7.99. The zero-order valence-corrected chi connectivity index (χ0v) is 15.4. The van der Waals surface area contributed by atoms with Crippen molar-refractivity contribution in [3.63, 3.8) is 0 Å². The van der Waals surface area contributed by atoms with Gasteiger partial charge in [-0.15, -0.1) is 23.1 Å². The van der Waals surface area contributed by atoms with Crippen LogP contribution in [0.3, 0.4) is 0 Å². The lowest BCUT2D eigenvalue weighted by molar-refractivity contribution is -0.121. The predicted octanol–water partition coefficient (Wildman–Crippen LogP) is 4.24. The Kier molecular flexibility index (Phi) is 4.99. The van der Waals surface area contributed by atoms with Crippen molar-refractivity contribution in [2.24, 2.45) is 0 Å². The normalized spacial score (nSPS) is 16.1. The van der Waals surface area contributed by atoms with Gasteiger partial charge in [0.2, 0.25) is 5.91 Å². The van der Waals surface area contributed by atoms with E-state index < -0.39 is 0 Å². The summed E-state index contributed by atoms with van der Waals surface area (Å²) in [6.07, 6.45) is 2.72. The number of thiazole rings is 1. The third kappa shape index (κ3) is 3.78. The number of amides is 1. The molecule has 2 aromatic heterocycles. The van der Waals surface area contributed by atoms with E-state index >= 15 is 0 Å². The number of nitrogens with zero attached hydrogens (tertiary/aromatic N) is 2. The van der Waals surface area contributed by atoms with Gasteiger partial charge in [0.05, 0.1) is 23.9 Å². The van der Waals surface area contributed by atoms with Crippen molar-refractivity contribution in [2.75, 3.05) is 5.75 Å². The van der Waals surface area contributed by atoms with E-state index in [1.54, 1.807) is 24.0 Å². The van der Waals surface area contributed by atoms with Crippen molar-refractivity contribution in [3.8, 4) is 10.7 Å². The van der Waals surface area contributed by atoms with Gasteiger partial charge in [-0.05, 0) is 42.3 Å². The maximum Gasteiger partial charge on any atom is 0.226 e. The third-order valence-electron chi connectivity index (χ3n) is 4.12. The third-order valence-corrected chi connectivity index (χ3v) is 6.16. The number of nitrogens with one attached hydrogen (secondary N) is 1. The first-order valence-electron chi connectivity index (χ1n) is 8.26. The van der Waals surface area contributed by atoms with Crippen molar-refractivity contribution >= 4 is 29.0 Å². The van der Waals surface area contributed by atoms with Gasteiger partial charge in [0, 0.05) is 22.2 Å². The second-order valence-corrected chi connectivity index (χ2v) is 7.97. The van der Waals surface area contributed by atoms with Crippen molar-refractivity contribution in [1.29, 1.82) is 0 Å². The summed E-state index contributed by atoms with van der Waals surface area (Å²) in [5, 5.41) is 5.71. The number of rotatable bonds is 4. The van der Waals surface area contributed by atoms with Gasteiger partial charge in [-0.1, -0.05) is 6.07 Å². The number of carbonyl (C=O) groups is 1. The van der Waals surface area contributed by atoms with Crippen LogP contribution in [0, 0.1) is 5.82 Å². The summed E-state index contributed by atoms with van der Waals surface area (Å²) < 4.78 is 13.6. The fraction of sp³-hybridized carbons (Fsp3) is 0.211. The van der Waals surface area contributed by atoms with E-state index in [1.165, 1.54) is 23.5 Å². The first-order valence-corrected chi connectivity index (χ1v) is 10.1. The van der Waals surface area contributed by atoms with Gasteiger partial charge < -0.3 is 5.32 Å². The van der Waals surface area contributed by atoms with Gasteiger partial charge in [-0.2, -0.15) is 0 Å². The Balaban J connectivity index is 1.44. The fourth-order valence-corrected chi connectivity index (χ4v) is 4.82. The molecule has 0 radical (unpaired) electrons. The number of benzene rings is 1. The van der Waals surface area contributed by atoms with E-state index in [0.717, 1.165) is 39.0 Å². The molecule has 1 aliphatic rings. The smallest absolute Gasteiger partial charge is 0.226 e. The molecule has 1 amide bonds. The molecule has 1 atom stereocenters. The Labute approximate surface area is 158 Å². The van der Waals surface area contributed by atoms with E-state index in [4.69, 9.17) is 0 Å². The van der Waals surface area contributed by atoms with Gasteiger partial charge in [-0.3, -0.25) is 9.78 Å². The lowest BCUT2D eigenvalue weighted by Gasteiger charge is -2.25. The fourth-order valence-electron chi connectivity index (χ4n) is 2.92. The monoisotopic (exact) mass is 385 g/mol. The van der Waals surface area contributed by atoms with E-state index in [0.29, 0.717) is 0 Å². The zero-order valence-electron chi connectivity index (χ0n) is 13.8. The molecule has 1 aliphatic heterocycles. The lowest BCUT2D eigenvalue weighted by atomic mass is 10.0. The van der Waals surface area contributed by atoms with Crippen LogP contribution >= 0.6 is 23.1 Å². The average Bonchev–Trinajstić information content (AvgIpc) is 3.11. The molecule has 0 bridgehead atoms. The van der Waals surface area contributed by atoms with Crippen LogP contribution in [0.15, 0.2) is 52.9 Å². The van der Waals surface area contributed by atoms with Crippen LogP contribution in [0.1, 0.15) is 23.7 Å². The molecule has 3 aromatic rings. The Morgan fingerprint density at radius 1 is 1.31 bits per heavy atom. The maximum absolute atomic E-state index is 13.6. The minimum Gasteiger partial charge on any atom is -0.349 e. The van der Waals surface area contributed by atoms with Crippen LogP contribution in [-0.4, -0.2) is 21.6 Å². The van der Waals surface area contributed by atoms with Crippen molar-refractivity contribution in [1.82, 2.24) is 15.3 Å². The number of aromatic nitrogens is 2. The van der Waals surface area contributed by atoms with Crippen molar-refractivity contribution < 1.29 is 9.18 Å². The molecule has 132 valence electrons. The summed E-state index contributed by atoms with van der Waals surface area (Å²) in [4.78, 5) is 22.3. The summed E-state index contributed by atoms with van der Waals surface area (Å²) in [7, 11) is 0. The second kappa shape index (κ2) is 7.55. The van der Waals surface area contributed by atoms with Crippen LogP contribution in [0.25, 0.3) is 10.7 Å². The first kappa shape index (κ1) is 17.2. The molecule has 0 fully saturated rings. The number of fused-ring (bicyclic) bond motifs is 1. The Bertz CT molecular complexity index is 930. The first-order chi connectivity index (χ1) is 12.7. The Morgan fingerprint density at radius 3 is 3.08 bits per heavy atom. The molecule has 3 heterocycles. The van der Waals surface area contributed by atoms with Gasteiger partial charge in [0.25, 0.3) is 0 Å². The molecule has 1 unspecified atom stereocenters.